The summed E-state index contributed by atoms with van der Waals surface area (Å²) >= 11 is 0. The minimum absolute atomic E-state index is 0.309. The summed E-state index contributed by atoms with van der Waals surface area (Å²) in [6, 6.07) is -0.703. The lowest BCUT2D eigenvalue weighted by atomic mass is 10.0. The van der Waals surface area contributed by atoms with Crippen LogP contribution in [0.2, 0.25) is 0 Å². The molecule has 0 aliphatic carbocycles. The topological polar surface area (TPSA) is 89.8 Å². The lowest BCUT2D eigenvalue weighted by Gasteiger charge is -2.23. The largest absolute Gasteiger partial charge is 0.394 e. The number of hydrogen-bond acceptors (Lipinski definition) is 4. The second-order valence-corrected chi connectivity index (χ2v) is 12.8. The van der Waals surface area contributed by atoms with Crippen LogP contribution < -0.4 is 5.32 Å². The van der Waals surface area contributed by atoms with Gasteiger partial charge in [0.2, 0.25) is 5.91 Å². The molecule has 41 heavy (non-hydrogen) atoms. The molecule has 0 fully saturated rings. The van der Waals surface area contributed by atoms with E-state index < -0.39 is 24.2 Å². The van der Waals surface area contributed by atoms with Crippen LogP contribution in [0.1, 0.15) is 200 Å². The standard InChI is InChI=1S/C36H73NO4/c1-3-5-7-9-11-13-15-17-18-19-21-22-24-26-28-30-34(39)33(32-38)37-36(41)35(40)31-29-27-25-23-20-16-14-12-10-8-6-4-2/h33-35,38-40H,3-32H2,1-2H3,(H,37,41)/t33-,34+,35?/m0/s1. The fourth-order valence-electron chi connectivity index (χ4n) is 5.78. The van der Waals surface area contributed by atoms with Gasteiger partial charge in [0.1, 0.15) is 6.10 Å². The first-order chi connectivity index (χ1) is 20.1. The van der Waals surface area contributed by atoms with Gasteiger partial charge in [0.05, 0.1) is 18.8 Å². The molecule has 0 saturated carbocycles. The van der Waals surface area contributed by atoms with Gasteiger partial charge < -0.3 is 20.6 Å². The molecule has 0 heterocycles. The number of aliphatic hydroxyl groups excluding tert-OH is 3. The Morgan fingerprint density at radius 2 is 0.780 bits per heavy atom. The van der Waals surface area contributed by atoms with E-state index in [1.807, 2.05) is 0 Å². The van der Waals surface area contributed by atoms with Gasteiger partial charge in [-0.2, -0.15) is 0 Å². The van der Waals surface area contributed by atoms with Crippen LogP contribution in [0.3, 0.4) is 0 Å². The third-order valence-corrected chi connectivity index (χ3v) is 8.73. The van der Waals surface area contributed by atoms with Crippen molar-refractivity contribution in [3.8, 4) is 0 Å². The van der Waals surface area contributed by atoms with Crippen LogP contribution in [-0.4, -0.2) is 46.1 Å². The molecule has 0 aliphatic heterocycles. The van der Waals surface area contributed by atoms with Crippen LogP contribution >= 0.6 is 0 Å². The van der Waals surface area contributed by atoms with Crippen molar-refractivity contribution >= 4 is 5.91 Å². The van der Waals surface area contributed by atoms with E-state index in [-0.39, 0.29) is 6.61 Å². The molecule has 0 bridgehead atoms. The van der Waals surface area contributed by atoms with Crippen LogP contribution in [0.15, 0.2) is 0 Å². The lowest BCUT2D eigenvalue weighted by molar-refractivity contribution is -0.131. The predicted octanol–water partition coefficient (Wildman–Crippen LogP) is 9.54. The third-order valence-electron chi connectivity index (χ3n) is 8.73. The van der Waals surface area contributed by atoms with Crippen molar-refractivity contribution in [2.24, 2.45) is 0 Å². The minimum atomic E-state index is -1.06. The second-order valence-electron chi connectivity index (χ2n) is 12.8. The molecule has 0 spiro atoms. The molecular formula is C36H73NO4. The van der Waals surface area contributed by atoms with Gasteiger partial charge >= 0.3 is 0 Å². The molecule has 0 aliphatic rings. The maximum absolute atomic E-state index is 12.4. The van der Waals surface area contributed by atoms with E-state index in [0.29, 0.717) is 12.8 Å². The van der Waals surface area contributed by atoms with Crippen LogP contribution in [-0.2, 0) is 4.79 Å². The van der Waals surface area contributed by atoms with Gasteiger partial charge in [0.15, 0.2) is 0 Å². The summed E-state index contributed by atoms with van der Waals surface area (Å²) in [7, 11) is 0. The molecule has 1 unspecified atom stereocenters. The Morgan fingerprint density at radius 1 is 0.488 bits per heavy atom. The Balaban J connectivity index is 3.66. The molecule has 0 aromatic carbocycles. The highest BCUT2D eigenvalue weighted by molar-refractivity contribution is 5.80. The van der Waals surface area contributed by atoms with E-state index in [2.05, 4.69) is 19.2 Å². The zero-order valence-electron chi connectivity index (χ0n) is 27.7. The maximum atomic E-state index is 12.4. The number of carbonyl (C=O) groups excluding carboxylic acids is 1. The SMILES string of the molecule is CCCCCCCCCCCCCCCCC[C@@H](O)[C@H](CO)NC(=O)C(O)CCCCCCCCCCCCCC. The quantitative estimate of drug-likeness (QED) is 0.0579. The van der Waals surface area contributed by atoms with Crippen molar-refractivity contribution in [2.75, 3.05) is 6.61 Å². The predicted molar refractivity (Wildman–Crippen MR) is 176 cm³/mol. The molecule has 1 amide bonds. The normalized spacial score (nSPS) is 13.8. The van der Waals surface area contributed by atoms with Gasteiger partial charge in [-0.1, -0.05) is 187 Å². The van der Waals surface area contributed by atoms with E-state index in [1.165, 1.54) is 141 Å². The molecule has 5 nitrogen and oxygen atoms in total. The monoisotopic (exact) mass is 584 g/mol. The number of hydrogen-bond donors (Lipinski definition) is 4. The van der Waals surface area contributed by atoms with Crippen molar-refractivity contribution < 1.29 is 20.1 Å². The Hall–Kier alpha value is -0.650. The second kappa shape index (κ2) is 32.3. The Morgan fingerprint density at radius 3 is 1.10 bits per heavy atom. The molecule has 5 heteroatoms. The molecule has 246 valence electrons. The summed E-state index contributed by atoms with van der Waals surface area (Å²) in [4.78, 5) is 12.4. The van der Waals surface area contributed by atoms with Crippen LogP contribution in [0.25, 0.3) is 0 Å². The van der Waals surface area contributed by atoms with Crippen LogP contribution in [0.5, 0.6) is 0 Å². The first-order valence-electron chi connectivity index (χ1n) is 18.3. The average molecular weight is 584 g/mol. The first-order valence-corrected chi connectivity index (χ1v) is 18.3. The minimum Gasteiger partial charge on any atom is -0.394 e. The van der Waals surface area contributed by atoms with E-state index in [0.717, 1.165) is 32.1 Å². The van der Waals surface area contributed by atoms with E-state index in [9.17, 15) is 20.1 Å². The van der Waals surface area contributed by atoms with Gasteiger partial charge in [-0.15, -0.1) is 0 Å². The Kier molecular flexibility index (Phi) is 31.8. The zero-order chi connectivity index (χ0) is 30.2. The van der Waals surface area contributed by atoms with Crippen LogP contribution in [0, 0.1) is 0 Å². The molecule has 0 radical (unpaired) electrons. The summed E-state index contributed by atoms with van der Waals surface area (Å²) in [5, 5.41) is 33.1. The number of unbranched alkanes of at least 4 members (excludes halogenated alkanes) is 25. The number of amides is 1. The summed E-state index contributed by atoms with van der Waals surface area (Å²) < 4.78 is 0. The van der Waals surface area contributed by atoms with Gasteiger partial charge in [-0.25, -0.2) is 0 Å². The van der Waals surface area contributed by atoms with E-state index in [4.69, 9.17) is 0 Å². The fourth-order valence-corrected chi connectivity index (χ4v) is 5.78. The number of carbonyl (C=O) groups is 1. The lowest BCUT2D eigenvalue weighted by Crippen LogP contribution is -2.49. The number of nitrogens with one attached hydrogen (secondary N) is 1. The first kappa shape index (κ1) is 40.4. The number of aliphatic hydroxyl groups is 3. The molecular weight excluding hydrogens is 510 g/mol. The highest BCUT2D eigenvalue weighted by Crippen LogP contribution is 2.16. The van der Waals surface area contributed by atoms with Crippen molar-refractivity contribution in [3.05, 3.63) is 0 Å². The maximum Gasteiger partial charge on any atom is 0.249 e. The molecule has 4 N–H and O–H groups in total. The highest BCUT2D eigenvalue weighted by Gasteiger charge is 2.23. The fraction of sp³-hybridized carbons (Fsp3) is 0.972. The van der Waals surface area contributed by atoms with Crippen LogP contribution in [0.4, 0.5) is 0 Å². The molecule has 0 rings (SSSR count). The van der Waals surface area contributed by atoms with Crippen molar-refractivity contribution in [1.29, 1.82) is 0 Å². The van der Waals surface area contributed by atoms with Gasteiger partial charge in [0, 0.05) is 0 Å². The highest BCUT2D eigenvalue weighted by atomic mass is 16.3. The molecule has 0 aromatic rings. The van der Waals surface area contributed by atoms with Crippen molar-refractivity contribution in [3.63, 3.8) is 0 Å². The number of rotatable bonds is 33. The van der Waals surface area contributed by atoms with E-state index in [1.54, 1.807) is 0 Å². The summed E-state index contributed by atoms with van der Waals surface area (Å²) in [5.74, 6) is -0.470. The Bertz CT molecular complexity index is 530. The van der Waals surface area contributed by atoms with Gasteiger partial charge in [-0.3, -0.25) is 4.79 Å². The Labute approximate surface area is 256 Å². The third kappa shape index (κ3) is 27.9. The molecule has 0 saturated heterocycles. The van der Waals surface area contributed by atoms with Gasteiger partial charge in [-0.05, 0) is 12.8 Å². The van der Waals surface area contributed by atoms with Gasteiger partial charge in [0.25, 0.3) is 0 Å². The molecule has 0 aromatic heterocycles. The van der Waals surface area contributed by atoms with Crippen molar-refractivity contribution in [1.82, 2.24) is 5.32 Å². The zero-order valence-corrected chi connectivity index (χ0v) is 27.7. The van der Waals surface area contributed by atoms with Crippen molar-refractivity contribution in [2.45, 2.75) is 218 Å². The molecule has 3 atom stereocenters. The summed E-state index contributed by atoms with van der Waals surface area (Å²) in [6.07, 6.45) is 33.7. The summed E-state index contributed by atoms with van der Waals surface area (Å²) in [5.41, 5.74) is 0. The van der Waals surface area contributed by atoms with E-state index >= 15 is 0 Å². The smallest absolute Gasteiger partial charge is 0.249 e. The summed E-state index contributed by atoms with van der Waals surface area (Å²) in [6.45, 7) is 4.22. The average Bonchev–Trinajstić information content (AvgIpc) is 2.98.